The zero-order valence-electron chi connectivity index (χ0n) is 22.6. The minimum Gasteiger partial charge on any atom is -0.368 e. The number of para-hydroxylation sites is 1. The Bertz CT molecular complexity index is 1760. The van der Waals surface area contributed by atoms with Crippen LogP contribution in [0.1, 0.15) is 11.3 Å². The van der Waals surface area contributed by atoms with Gasteiger partial charge in [-0.25, -0.2) is 13.4 Å². The first-order valence-electron chi connectivity index (χ1n) is 13.7. The van der Waals surface area contributed by atoms with Crippen molar-refractivity contribution in [1.82, 2.24) is 19.2 Å². The van der Waals surface area contributed by atoms with Gasteiger partial charge in [-0.3, -0.25) is 14.7 Å². The van der Waals surface area contributed by atoms with Crippen LogP contribution < -0.4 is 15.4 Å². The van der Waals surface area contributed by atoms with Gasteiger partial charge in [0.25, 0.3) is 5.56 Å². The predicted octanol–water partition coefficient (Wildman–Crippen LogP) is 2.63. The molecule has 0 aliphatic carbocycles. The molecule has 0 atom stereocenters. The number of benzene rings is 3. The van der Waals surface area contributed by atoms with Gasteiger partial charge in [0, 0.05) is 70.4 Å². The van der Waals surface area contributed by atoms with Gasteiger partial charge in [-0.15, -0.1) is 0 Å². The lowest BCUT2D eigenvalue weighted by Gasteiger charge is -2.36. The molecule has 1 aromatic heterocycles. The normalized spacial score (nSPS) is 17.0. The molecule has 210 valence electrons. The molecule has 4 aromatic rings. The van der Waals surface area contributed by atoms with Gasteiger partial charge in [0.15, 0.2) is 0 Å². The van der Waals surface area contributed by atoms with Crippen molar-refractivity contribution in [2.75, 3.05) is 62.2 Å². The largest absolute Gasteiger partial charge is 0.368 e. The van der Waals surface area contributed by atoms with E-state index in [4.69, 9.17) is 4.98 Å². The molecular weight excluding hydrogens is 538 g/mol. The minimum atomic E-state index is -3.67. The second-order valence-electron chi connectivity index (χ2n) is 10.3. The maximum atomic E-state index is 13.5. The summed E-state index contributed by atoms with van der Waals surface area (Å²) in [5.41, 5.74) is 2.08. The maximum Gasteiger partial charge on any atom is 0.252 e. The van der Waals surface area contributed by atoms with Crippen LogP contribution in [0.25, 0.3) is 10.8 Å². The molecule has 3 aromatic carbocycles. The highest BCUT2D eigenvalue weighted by Crippen LogP contribution is 2.27. The van der Waals surface area contributed by atoms with Crippen molar-refractivity contribution in [2.24, 2.45) is 0 Å². The fraction of sp³-hybridized carbons (Fsp3) is 0.300. The number of H-pyrrole nitrogens is 1. The molecule has 2 aliphatic heterocycles. The molecule has 11 heteroatoms. The smallest absolute Gasteiger partial charge is 0.252 e. The molecule has 0 radical (unpaired) electrons. The average molecular weight is 570 g/mol. The van der Waals surface area contributed by atoms with E-state index in [9.17, 15) is 18.5 Å². The highest BCUT2D eigenvalue weighted by atomic mass is 32.2. The number of nitrogens with zero attached hydrogens (tertiary/aromatic N) is 6. The van der Waals surface area contributed by atoms with Crippen molar-refractivity contribution >= 4 is 32.4 Å². The van der Waals surface area contributed by atoms with E-state index >= 15 is 0 Å². The third kappa shape index (κ3) is 5.54. The summed E-state index contributed by atoms with van der Waals surface area (Å²) in [6, 6.07) is 24.3. The third-order valence-electron chi connectivity index (χ3n) is 7.81. The van der Waals surface area contributed by atoms with Gasteiger partial charge in [0.2, 0.25) is 16.0 Å². The summed E-state index contributed by atoms with van der Waals surface area (Å²) in [6.07, 6.45) is 0. The van der Waals surface area contributed by atoms with Gasteiger partial charge >= 0.3 is 0 Å². The predicted molar refractivity (Wildman–Crippen MR) is 158 cm³/mol. The van der Waals surface area contributed by atoms with E-state index in [1.807, 2.05) is 59.5 Å². The standard InChI is InChI=1S/C30H31N7O3S/c31-21-24-7-2-4-10-27(24)35-14-12-34(13-15-35)22-25-20-29(38)33-30(32-25)36-16-18-37(19-17-36)41(39,40)28-11-5-8-23-6-1-3-9-26(23)28/h1-11,20H,12-19,22H2,(H,32,33,38). The molecule has 6 rings (SSSR count). The van der Waals surface area contributed by atoms with Gasteiger partial charge in [-0.2, -0.15) is 9.57 Å². The molecule has 2 aliphatic rings. The summed E-state index contributed by atoms with van der Waals surface area (Å²) >= 11 is 0. The van der Waals surface area contributed by atoms with Crippen LogP contribution in [-0.2, 0) is 16.6 Å². The Morgan fingerprint density at radius 1 is 0.829 bits per heavy atom. The zero-order chi connectivity index (χ0) is 28.4. The summed E-state index contributed by atoms with van der Waals surface area (Å²) < 4.78 is 28.6. The lowest BCUT2D eigenvalue weighted by molar-refractivity contribution is 0.247. The first kappa shape index (κ1) is 27.0. The Balaban J connectivity index is 1.10. The van der Waals surface area contributed by atoms with Crippen LogP contribution in [0.5, 0.6) is 0 Å². The van der Waals surface area contributed by atoms with E-state index in [1.165, 1.54) is 10.4 Å². The molecule has 10 nitrogen and oxygen atoms in total. The Morgan fingerprint density at radius 2 is 1.51 bits per heavy atom. The number of aromatic amines is 1. The number of hydrogen-bond donors (Lipinski definition) is 1. The van der Waals surface area contributed by atoms with Crippen LogP contribution >= 0.6 is 0 Å². The number of hydrogen-bond acceptors (Lipinski definition) is 8. The number of anilines is 2. The van der Waals surface area contributed by atoms with Crippen molar-refractivity contribution in [3.8, 4) is 6.07 Å². The molecule has 2 fully saturated rings. The summed E-state index contributed by atoms with van der Waals surface area (Å²) in [7, 11) is -3.67. The van der Waals surface area contributed by atoms with E-state index in [1.54, 1.807) is 12.1 Å². The Morgan fingerprint density at radius 3 is 2.29 bits per heavy atom. The average Bonchev–Trinajstić information content (AvgIpc) is 3.01. The molecule has 3 heterocycles. The Hall–Kier alpha value is -4.24. The lowest BCUT2D eigenvalue weighted by atomic mass is 10.1. The summed E-state index contributed by atoms with van der Waals surface area (Å²) in [4.78, 5) is 26.9. The second-order valence-corrected chi connectivity index (χ2v) is 12.2. The first-order chi connectivity index (χ1) is 19.9. The van der Waals surface area contributed by atoms with Gasteiger partial charge in [-0.05, 0) is 23.6 Å². The fourth-order valence-corrected chi connectivity index (χ4v) is 7.28. The second kappa shape index (κ2) is 11.3. The molecule has 41 heavy (non-hydrogen) atoms. The number of fused-ring (bicyclic) bond motifs is 1. The molecule has 0 bridgehead atoms. The van der Waals surface area contributed by atoms with Gasteiger partial charge in [0.05, 0.1) is 21.8 Å². The van der Waals surface area contributed by atoms with Crippen LogP contribution in [0.15, 0.2) is 82.5 Å². The van der Waals surface area contributed by atoms with E-state index in [2.05, 4.69) is 20.9 Å². The van der Waals surface area contributed by atoms with Crippen LogP contribution in [0.4, 0.5) is 11.6 Å². The van der Waals surface area contributed by atoms with Crippen LogP contribution in [0.3, 0.4) is 0 Å². The number of nitrogens with one attached hydrogen (secondary N) is 1. The number of piperazine rings is 2. The van der Waals surface area contributed by atoms with Crippen molar-refractivity contribution in [3.63, 3.8) is 0 Å². The first-order valence-corrected chi connectivity index (χ1v) is 15.2. The van der Waals surface area contributed by atoms with Crippen molar-refractivity contribution < 1.29 is 8.42 Å². The van der Waals surface area contributed by atoms with E-state index in [-0.39, 0.29) is 5.56 Å². The minimum absolute atomic E-state index is 0.225. The molecule has 0 amide bonds. The fourth-order valence-electron chi connectivity index (χ4n) is 5.64. The molecule has 2 saturated heterocycles. The third-order valence-corrected chi connectivity index (χ3v) is 9.77. The van der Waals surface area contributed by atoms with Crippen molar-refractivity contribution in [3.05, 3.63) is 94.4 Å². The molecule has 0 unspecified atom stereocenters. The number of aromatic nitrogens is 2. The SMILES string of the molecule is N#Cc1ccccc1N1CCN(Cc2cc(=O)[nH]c(N3CCN(S(=O)(=O)c4cccc5ccccc45)CC3)n2)CC1. The van der Waals surface area contributed by atoms with Gasteiger partial charge in [-0.1, -0.05) is 48.5 Å². The molecule has 0 spiro atoms. The number of rotatable bonds is 6. The van der Waals surface area contributed by atoms with Crippen molar-refractivity contribution in [2.45, 2.75) is 11.4 Å². The highest BCUT2D eigenvalue weighted by Gasteiger charge is 2.30. The summed E-state index contributed by atoms with van der Waals surface area (Å²) in [6.45, 7) is 5.12. The zero-order valence-corrected chi connectivity index (χ0v) is 23.4. The van der Waals surface area contributed by atoms with E-state index in [0.29, 0.717) is 60.2 Å². The van der Waals surface area contributed by atoms with E-state index < -0.39 is 10.0 Å². The monoisotopic (exact) mass is 569 g/mol. The maximum absolute atomic E-state index is 13.5. The lowest BCUT2D eigenvalue weighted by Crippen LogP contribution is -2.49. The Labute approximate surface area is 239 Å². The molecule has 0 saturated carbocycles. The summed E-state index contributed by atoms with van der Waals surface area (Å²) in [5, 5.41) is 11.0. The number of sulfonamides is 1. The quantitative estimate of drug-likeness (QED) is 0.377. The topological polar surface area (TPSA) is 117 Å². The van der Waals surface area contributed by atoms with Crippen molar-refractivity contribution in [1.29, 1.82) is 5.26 Å². The van der Waals surface area contributed by atoms with Gasteiger partial charge in [0.1, 0.15) is 6.07 Å². The van der Waals surface area contributed by atoms with Crippen LogP contribution in [0, 0.1) is 11.3 Å². The van der Waals surface area contributed by atoms with Crippen LogP contribution in [-0.4, -0.2) is 79.9 Å². The number of nitriles is 1. The van der Waals surface area contributed by atoms with E-state index in [0.717, 1.165) is 37.3 Å². The van der Waals surface area contributed by atoms with Crippen LogP contribution in [0.2, 0.25) is 0 Å². The van der Waals surface area contributed by atoms with Gasteiger partial charge < -0.3 is 9.80 Å². The molecule has 1 N–H and O–H groups in total. The summed E-state index contributed by atoms with van der Waals surface area (Å²) in [5.74, 6) is 0.469. The Kier molecular flexibility index (Phi) is 7.45. The highest BCUT2D eigenvalue weighted by molar-refractivity contribution is 7.89. The molecular formula is C30H31N7O3S.